The van der Waals surface area contributed by atoms with Crippen molar-refractivity contribution in [3.05, 3.63) is 48.4 Å². The maximum atomic E-state index is 12.6. The van der Waals surface area contributed by atoms with Crippen LogP contribution >= 0.6 is 0 Å². The van der Waals surface area contributed by atoms with Gasteiger partial charge in [0.2, 0.25) is 21.8 Å². The Balaban J connectivity index is 1.62. The van der Waals surface area contributed by atoms with Gasteiger partial charge in [0.1, 0.15) is 5.76 Å². The van der Waals surface area contributed by atoms with Crippen molar-refractivity contribution in [1.82, 2.24) is 9.21 Å². The number of amides is 2. The predicted octanol–water partition coefficient (Wildman–Crippen LogP) is 2.30. The Kier molecular flexibility index (Phi) is 6.39. The first-order valence-electron chi connectivity index (χ1n) is 9.56. The topological polar surface area (TPSA) is 99.9 Å². The molecule has 2 aromatic rings. The molecule has 0 spiro atoms. The zero-order valence-corrected chi connectivity index (χ0v) is 17.3. The molecule has 9 heteroatoms. The number of likely N-dealkylation sites (tertiary alicyclic amines) is 1. The molecule has 0 aliphatic carbocycles. The first-order valence-corrected chi connectivity index (χ1v) is 11.0. The van der Waals surface area contributed by atoms with E-state index >= 15 is 0 Å². The lowest BCUT2D eigenvalue weighted by Gasteiger charge is -2.18. The largest absolute Gasteiger partial charge is 0.467 e. The molecule has 1 fully saturated rings. The number of rotatable bonds is 8. The fraction of sp³-hybridized carbons (Fsp3) is 0.400. The molecule has 0 saturated carbocycles. The Bertz CT molecular complexity index is 951. The van der Waals surface area contributed by atoms with Gasteiger partial charge < -0.3 is 14.6 Å². The van der Waals surface area contributed by atoms with Crippen LogP contribution in [0.3, 0.4) is 0 Å². The minimum absolute atomic E-state index is 0.0952. The van der Waals surface area contributed by atoms with Crippen LogP contribution in [0.2, 0.25) is 0 Å². The summed E-state index contributed by atoms with van der Waals surface area (Å²) in [5, 5.41) is 2.77. The van der Waals surface area contributed by atoms with Crippen LogP contribution in [0.5, 0.6) is 0 Å². The van der Waals surface area contributed by atoms with Gasteiger partial charge >= 0.3 is 0 Å². The van der Waals surface area contributed by atoms with Crippen LogP contribution < -0.4 is 5.32 Å². The molecule has 0 radical (unpaired) electrons. The number of hydrogen-bond acceptors (Lipinski definition) is 5. The molecule has 2 heterocycles. The zero-order chi connectivity index (χ0) is 21.0. The van der Waals surface area contributed by atoms with Crippen molar-refractivity contribution < 1.29 is 22.4 Å². The highest BCUT2D eigenvalue weighted by Crippen LogP contribution is 2.23. The summed E-state index contributed by atoms with van der Waals surface area (Å²) in [6, 6.07) is 9.62. The van der Waals surface area contributed by atoms with Crippen LogP contribution in [-0.4, -0.2) is 49.1 Å². The van der Waals surface area contributed by atoms with Gasteiger partial charge in [-0.25, -0.2) is 8.42 Å². The summed E-state index contributed by atoms with van der Waals surface area (Å²) in [4.78, 5) is 26.5. The van der Waals surface area contributed by atoms with E-state index in [1.54, 1.807) is 49.3 Å². The standard InChI is InChI=1S/C20H25N3O5S/c1-3-23(4-2)29(26,27)18-9-7-16(8-10-18)21-20(25)15-12-19(24)22(13-15)14-17-6-5-11-28-17/h5-11,15H,3-4,12-14H2,1-2H3,(H,21,25). The highest BCUT2D eigenvalue weighted by molar-refractivity contribution is 7.89. The first kappa shape index (κ1) is 21.1. The molecule has 1 aromatic carbocycles. The monoisotopic (exact) mass is 419 g/mol. The maximum Gasteiger partial charge on any atom is 0.243 e. The Hall–Kier alpha value is -2.65. The van der Waals surface area contributed by atoms with Crippen molar-refractivity contribution in [3.63, 3.8) is 0 Å². The molecule has 1 N–H and O–H groups in total. The molecule has 0 bridgehead atoms. The molecular formula is C20H25N3O5S. The third-order valence-corrected chi connectivity index (χ3v) is 7.04. The zero-order valence-electron chi connectivity index (χ0n) is 16.5. The van der Waals surface area contributed by atoms with Gasteiger partial charge in [0.25, 0.3) is 0 Å². The lowest BCUT2D eigenvalue weighted by atomic mass is 10.1. The third-order valence-electron chi connectivity index (χ3n) is 4.98. The third kappa shape index (κ3) is 4.68. The van der Waals surface area contributed by atoms with E-state index in [0.717, 1.165) is 0 Å². The molecule has 8 nitrogen and oxygen atoms in total. The molecule has 156 valence electrons. The summed E-state index contributed by atoms with van der Waals surface area (Å²) in [6.07, 6.45) is 1.69. The Morgan fingerprint density at radius 3 is 2.48 bits per heavy atom. The van der Waals surface area contributed by atoms with E-state index in [4.69, 9.17) is 4.42 Å². The molecule has 1 saturated heterocycles. The van der Waals surface area contributed by atoms with Crippen LogP contribution in [0, 0.1) is 5.92 Å². The van der Waals surface area contributed by atoms with Gasteiger partial charge in [-0.15, -0.1) is 0 Å². The number of nitrogens with zero attached hydrogens (tertiary/aromatic N) is 2. The van der Waals surface area contributed by atoms with Crippen LogP contribution in [0.15, 0.2) is 52.0 Å². The van der Waals surface area contributed by atoms with Crippen molar-refractivity contribution >= 4 is 27.5 Å². The molecule has 3 rings (SSSR count). The van der Waals surface area contributed by atoms with Crippen LogP contribution in [0.1, 0.15) is 26.0 Å². The van der Waals surface area contributed by atoms with Crippen LogP contribution in [0.4, 0.5) is 5.69 Å². The SMILES string of the molecule is CCN(CC)S(=O)(=O)c1ccc(NC(=O)C2CC(=O)N(Cc3ccco3)C2)cc1. The average molecular weight is 420 g/mol. The Morgan fingerprint density at radius 2 is 1.90 bits per heavy atom. The van der Waals surface area contributed by atoms with Gasteiger partial charge in [-0.3, -0.25) is 9.59 Å². The molecule has 1 aliphatic heterocycles. The first-order chi connectivity index (χ1) is 13.8. The van der Waals surface area contributed by atoms with Gasteiger partial charge in [0.15, 0.2) is 0 Å². The number of benzene rings is 1. The molecule has 2 amide bonds. The van der Waals surface area contributed by atoms with Gasteiger partial charge in [-0.2, -0.15) is 4.31 Å². The highest BCUT2D eigenvalue weighted by Gasteiger charge is 2.34. The van der Waals surface area contributed by atoms with Gasteiger partial charge in [-0.05, 0) is 36.4 Å². The van der Waals surface area contributed by atoms with E-state index in [0.29, 0.717) is 37.6 Å². The molecular weight excluding hydrogens is 394 g/mol. The van der Waals surface area contributed by atoms with Gasteiger partial charge in [-0.1, -0.05) is 13.8 Å². The summed E-state index contributed by atoms with van der Waals surface area (Å²) >= 11 is 0. The lowest BCUT2D eigenvalue weighted by molar-refractivity contribution is -0.128. The van der Waals surface area contributed by atoms with E-state index in [2.05, 4.69) is 5.32 Å². The van der Waals surface area contributed by atoms with Crippen LogP contribution in [-0.2, 0) is 26.2 Å². The molecule has 1 atom stereocenters. The number of sulfonamides is 1. The summed E-state index contributed by atoms with van der Waals surface area (Å²) < 4.78 is 31.7. The van der Waals surface area contributed by atoms with Crippen LogP contribution in [0.25, 0.3) is 0 Å². The fourth-order valence-corrected chi connectivity index (χ4v) is 4.82. The summed E-state index contributed by atoms with van der Waals surface area (Å²) in [6.45, 7) is 5.01. The Morgan fingerprint density at radius 1 is 1.21 bits per heavy atom. The lowest BCUT2D eigenvalue weighted by Crippen LogP contribution is -2.30. The molecule has 1 unspecified atom stereocenters. The van der Waals surface area contributed by atoms with E-state index < -0.39 is 15.9 Å². The van der Waals surface area contributed by atoms with Crippen molar-refractivity contribution in [2.45, 2.75) is 31.7 Å². The average Bonchev–Trinajstić information content (AvgIpc) is 3.33. The molecule has 29 heavy (non-hydrogen) atoms. The number of carbonyl (C=O) groups is 2. The second-order valence-corrected chi connectivity index (χ2v) is 8.80. The quantitative estimate of drug-likeness (QED) is 0.708. The number of anilines is 1. The smallest absolute Gasteiger partial charge is 0.243 e. The van der Waals surface area contributed by atoms with E-state index in [-0.39, 0.29) is 23.1 Å². The van der Waals surface area contributed by atoms with Gasteiger partial charge in [0.05, 0.1) is 23.6 Å². The van der Waals surface area contributed by atoms with Crippen molar-refractivity contribution in [1.29, 1.82) is 0 Å². The van der Waals surface area contributed by atoms with Gasteiger partial charge in [0, 0.05) is 31.7 Å². The second-order valence-electron chi connectivity index (χ2n) is 6.86. The number of furan rings is 1. The molecule has 1 aliphatic rings. The van der Waals surface area contributed by atoms with Crippen molar-refractivity contribution in [3.8, 4) is 0 Å². The number of hydrogen-bond donors (Lipinski definition) is 1. The minimum atomic E-state index is -3.54. The second kappa shape index (κ2) is 8.79. The molecule has 1 aromatic heterocycles. The number of nitrogens with one attached hydrogen (secondary N) is 1. The van der Waals surface area contributed by atoms with E-state index in [1.807, 2.05) is 0 Å². The summed E-state index contributed by atoms with van der Waals surface area (Å²) in [5.74, 6) is -0.150. The normalized spacial score (nSPS) is 17.1. The van der Waals surface area contributed by atoms with E-state index in [9.17, 15) is 18.0 Å². The number of carbonyl (C=O) groups excluding carboxylic acids is 2. The fourth-order valence-electron chi connectivity index (χ4n) is 3.36. The Labute approximate surface area is 170 Å². The summed E-state index contributed by atoms with van der Waals surface area (Å²) in [5.41, 5.74) is 0.491. The van der Waals surface area contributed by atoms with E-state index in [1.165, 1.54) is 16.4 Å². The maximum absolute atomic E-state index is 12.6. The van der Waals surface area contributed by atoms with Crippen molar-refractivity contribution in [2.24, 2.45) is 5.92 Å². The highest BCUT2D eigenvalue weighted by atomic mass is 32.2. The summed E-state index contributed by atoms with van der Waals surface area (Å²) in [7, 11) is -3.54. The van der Waals surface area contributed by atoms with Crippen molar-refractivity contribution in [2.75, 3.05) is 25.0 Å². The minimum Gasteiger partial charge on any atom is -0.467 e. The predicted molar refractivity (Wildman–Crippen MR) is 107 cm³/mol.